The first kappa shape index (κ1) is 15.8. The second-order valence-corrected chi connectivity index (χ2v) is 6.71. The number of nitrogens with zero attached hydrogens (tertiary/aromatic N) is 2. The number of rotatable bonds is 3. The predicted octanol–water partition coefficient (Wildman–Crippen LogP) is 1.69. The van der Waals surface area contributed by atoms with Crippen LogP contribution in [-0.2, 0) is 4.79 Å². The Morgan fingerprint density at radius 1 is 1.25 bits per heavy atom. The molecule has 0 radical (unpaired) electrons. The quantitative estimate of drug-likeness (QED) is 0.856. The van der Waals surface area contributed by atoms with E-state index in [2.05, 4.69) is 18.7 Å². The van der Waals surface area contributed by atoms with Crippen LogP contribution in [-0.4, -0.2) is 54.5 Å². The van der Waals surface area contributed by atoms with Crippen molar-refractivity contribution in [3.8, 4) is 0 Å². The highest BCUT2D eigenvalue weighted by Gasteiger charge is 2.36. The first-order valence-corrected chi connectivity index (χ1v) is 8.29. The summed E-state index contributed by atoms with van der Waals surface area (Å²) in [5, 5.41) is 0. The van der Waals surface area contributed by atoms with E-state index in [4.69, 9.17) is 5.73 Å². The summed E-state index contributed by atoms with van der Waals surface area (Å²) in [6.45, 7) is 7.74. The number of amides is 1. The maximum absolute atomic E-state index is 12.7. The molecule has 1 heterocycles. The zero-order chi connectivity index (χ0) is 14.7. The summed E-state index contributed by atoms with van der Waals surface area (Å²) in [7, 11) is 1.99. The minimum absolute atomic E-state index is 0.0490. The van der Waals surface area contributed by atoms with Crippen molar-refractivity contribution in [1.29, 1.82) is 0 Å². The maximum Gasteiger partial charge on any atom is 0.227 e. The van der Waals surface area contributed by atoms with Gasteiger partial charge in [0.05, 0.1) is 5.92 Å². The highest BCUT2D eigenvalue weighted by Crippen LogP contribution is 2.30. The Morgan fingerprint density at radius 3 is 2.50 bits per heavy atom. The fourth-order valence-electron chi connectivity index (χ4n) is 3.79. The van der Waals surface area contributed by atoms with Gasteiger partial charge in [-0.25, -0.2) is 0 Å². The van der Waals surface area contributed by atoms with Crippen molar-refractivity contribution in [1.82, 2.24) is 9.80 Å². The number of carbonyl (C=O) groups is 1. The van der Waals surface area contributed by atoms with E-state index in [1.807, 2.05) is 11.9 Å². The van der Waals surface area contributed by atoms with Crippen molar-refractivity contribution in [2.75, 3.05) is 26.7 Å². The monoisotopic (exact) mass is 281 g/mol. The van der Waals surface area contributed by atoms with E-state index in [1.54, 1.807) is 0 Å². The lowest BCUT2D eigenvalue weighted by Crippen LogP contribution is -2.52. The van der Waals surface area contributed by atoms with Crippen LogP contribution in [0.15, 0.2) is 0 Å². The molecule has 2 fully saturated rings. The van der Waals surface area contributed by atoms with Crippen LogP contribution in [0.1, 0.15) is 46.0 Å². The highest BCUT2D eigenvalue weighted by molar-refractivity contribution is 5.79. The average Bonchev–Trinajstić information content (AvgIpc) is 2.48. The van der Waals surface area contributed by atoms with Crippen molar-refractivity contribution in [2.24, 2.45) is 17.6 Å². The molecule has 3 atom stereocenters. The molecule has 2 N–H and O–H groups in total. The van der Waals surface area contributed by atoms with Gasteiger partial charge in [-0.1, -0.05) is 20.3 Å². The molecule has 3 unspecified atom stereocenters. The van der Waals surface area contributed by atoms with E-state index in [0.717, 1.165) is 45.3 Å². The SMILES string of the molecule is CCN1CCC(N(C)C(=O)C2CCCC(C)C2N)CC1. The zero-order valence-electron chi connectivity index (χ0n) is 13.3. The molecule has 1 amide bonds. The highest BCUT2D eigenvalue weighted by atomic mass is 16.2. The molecule has 1 saturated heterocycles. The summed E-state index contributed by atoms with van der Waals surface area (Å²) in [4.78, 5) is 17.2. The van der Waals surface area contributed by atoms with E-state index >= 15 is 0 Å². The van der Waals surface area contributed by atoms with Crippen molar-refractivity contribution < 1.29 is 4.79 Å². The summed E-state index contributed by atoms with van der Waals surface area (Å²) in [5.74, 6) is 0.819. The second-order valence-electron chi connectivity index (χ2n) is 6.71. The normalized spacial score (nSPS) is 33.1. The molecule has 0 spiro atoms. The Balaban J connectivity index is 1.91. The van der Waals surface area contributed by atoms with E-state index < -0.39 is 0 Å². The molecule has 1 aliphatic carbocycles. The van der Waals surface area contributed by atoms with Gasteiger partial charge in [-0.05, 0) is 38.1 Å². The third-order valence-corrected chi connectivity index (χ3v) is 5.51. The van der Waals surface area contributed by atoms with Gasteiger partial charge in [0.1, 0.15) is 0 Å². The molecule has 0 bridgehead atoms. The molecule has 2 aliphatic rings. The van der Waals surface area contributed by atoms with Gasteiger partial charge in [0, 0.05) is 32.2 Å². The lowest BCUT2D eigenvalue weighted by Gasteiger charge is -2.40. The van der Waals surface area contributed by atoms with E-state index in [9.17, 15) is 4.79 Å². The molecule has 4 nitrogen and oxygen atoms in total. The molecule has 0 aromatic carbocycles. The summed E-state index contributed by atoms with van der Waals surface area (Å²) in [6, 6.07) is 0.462. The smallest absolute Gasteiger partial charge is 0.227 e. The molecule has 0 aromatic heterocycles. The molecule has 1 saturated carbocycles. The van der Waals surface area contributed by atoms with Crippen LogP contribution in [0.3, 0.4) is 0 Å². The largest absolute Gasteiger partial charge is 0.342 e. The standard InChI is InChI=1S/C16H31N3O/c1-4-19-10-8-13(9-11-19)18(3)16(20)14-7-5-6-12(2)15(14)17/h12-15H,4-11,17H2,1-3H3. The predicted molar refractivity (Wildman–Crippen MR) is 82.4 cm³/mol. The van der Waals surface area contributed by atoms with Gasteiger partial charge in [0.25, 0.3) is 0 Å². The molecule has 0 aromatic rings. The Morgan fingerprint density at radius 2 is 1.90 bits per heavy atom. The Labute approximate surface area is 123 Å². The summed E-state index contributed by atoms with van der Waals surface area (Å²) in [5.41, 5.74) is 6.28. The van der Waals surface area contributed by atoms with Crippen molar-refractivity contribution >= 4 is 5.91 Å². The van der Waals surface area contributed by atoms with Crippen LogP contribution in [0, 0.1) is 11.8 Å². The van der Waals surface area contributed by atoms with Crippen LogP contribution in [0.5, 0.6) is 0 Å². The van der Waals surface area contributed by atoms with Crippen LogP contribution < -0.4 is 5.73 Å². The second kappa shape index (κ2) is 6.90. The van der Waals surface area contributed by atoms with Crippen molar-refractivity contribution in [2.45, 2.75) is 58.0 Å². The van der Waals surface area contributed by atoms with Crippen LogP contribution in [0.25, 0.3) is 0 Å². The van der Waals surface area contributed by atoms with Gasteiger partial charge in [-0.15, -0.1) is 0 Å². The Kier molecular flexibility index (Phi) is 5.44. The average molecular weight is 281 g/mol. The third-order valence-electron chi connectivity index (χ3n) is 5.51. The lowest BCUT2D eigenvalue weighted by molar-refractivity contribution is -0.139. The third kappa shape index (κ3) is 3.34. The molecular weight excluding hydrogens is 250 g/mol. The number of carbonyl (C=O) groups excluding carboxylic acids is 1. The summed E-state index contributed by atoms with van der Waals surface area (Å²) >= 11 is 0. The maximum atomic E-state index is 12.7. The summed E-state index contributed by atoms with van der Waals surface area (Å²) < 4.78 is 0. The lowest BCUT2D eigenvalue weighted by atomic mass is 9.77. The van der Waals surface area contributed by atoms with Crippen LogP contribution in [0.2, 0.25) is 0 Å². The molecule has 4 heteroatoms. The molecular formula is C16H31N3O. The molecule has 1 aliphatic heterocycles. The van der Waals surface area contributed by atoms with Gasteiger partial charge in [0.15, 0.2) is 0 Å². The fourth-order valence-corrected chi connectivity index (χ4v) is 3.79. The number of hydrogen-bond donors (Lipinski definition) is 1. The molecule has 116 valence electrons. The zero-order valence-corrected chi connectivity index (χ0v) is 13.3. The number of likely N-dealkylation sites (tertiary alicyclic amines) is 1. The summed E-state index contributed by atoms with van der Waals surface area (Å²) in [6.07, 6.45) is 5.50. The Bertz CT molecular complexity index is 326. The topological polar surface area (TPSA) is 49.6 Å². The number of piperidine rings is 1. The van der Waals surface area contributed by atoms with Crippen LogP contribution in [0.4, 0.5) is 0 Å². The fraction of sp³-hybridized carbons (Fsp3) is 0.938. The van der Waals surface area contributed by atoms with Gasteiger partial charge in [-0.3, -0.25) is 4.79 Å². The van der Waals surface area contributed by atoms with Gasteiger partial charge < -0.3 is 15.5 Å². The molecule has 2 rings (SSSR count). The van der Waals surface area contributed by atoms with E-state index in [-0.39, 0.29) is 12.0 Å². The first-order valence-electron chi connectivity index (χ1n) is 8.29. The Hall–Kier alpha value is -0.610. The minimum atomic E-state index is 0.0490. The van der Waals surface area contributed by atoms with Crippen LogP contribution >= 0.6 is 0 Å². The van der Waals surface area contributed by atoms with Gasteiger partial charge >= 0.3 is 0 Å². The minimum Gasteiger partial charge on any atom is -0.342 e. The van der Waals surface area contributed by atoms with E-state index in [1.165, 1.54) is 6.42 Å². The number of nitrogens with two attached hydrogens (primary N) is 1. The van der Waals surface area contributed by atoms with E-state index in [0.29, 0.717) is 17.9 Å². The molecule has 20 heavy (non-hydrogen) atoms. The van der Waals surface area contributed by atoms with Gasteiger partial charge in [0.2, 0.25) is 5.91 Å². The van der Waals surface area contributed by atoms with Crippen molar-refractivity contribution in [3.63, 3.8) is 0 Å². The number of hydrogen-bond acceptors (Lipinski definition) is 3. The first-order chi connectivity index (χ1) is 9.54. The van der Waals surface area contributed by atoms with Crippen molar-refractivity contribution in [3.05, 3.63) is 0 Å². The van der Waals surface area contributed by atoms with Gasteiger partial charge in [-0.2, -0.15) is 0 Å².